The summed E-state index contributed by atoms with van der Waals surface area (Å²) in [5.41, 5.74) is 2.81. The van der Waals surface area contributed by atoms with Gasteiger partial charge in [0.25, 0.3) is 0 Å². The zero-order chi connectivity index (χ0) is 21.3. The van der Waals surface area contributed by atoms with Crippen molar-refractivity contribution in [3.05, 3.63) is 93.6 Å². The minimum atomic E-state index is -0.618. The van der Waals surface area contributed by atoms with E-state index in [2.05, 4.69) is 0 Å². The topological polar surface area (TPSA) is 65.7 Å². The summed E-state index contributed by atoms with van der Waals surface area (Å²) < 4.78 is 16.8. The van der Waals surface area contributed by atoms with Crippen molar-refractivity contribution in [2.24, 2.45) is 0 Å². The standard InChI is InChI=1S/C25H20O5/c1-15-5-4-6-18(13-15)25(27)30-24-22(26)20-14-16(2)7-12-21(20)29-23(24)17-8-10-19(28-3)11-9-17/h4-14H,1-3H3. The number of hydrogen-bond donors (Lipinski definition) is 0. The fraction of sp³-hybridized carbons (Fsp3) is 0.120. The summed E-state index contributed by atoms with van der Waals surface area (Å²) in [4.78, 5) is 26.1. The number of methoxy groups -OCH3 is 1. The molecular weight excluding hydrogens is 380 g/mol. The van der Waals surface area contributed by atoms with Crippen molar-refractivity contribution >= 4 is 16.9 Å². The lowest BCUT2D eigenvalue weighted by molar-refractivity contribution is 0.0731. The molecule has 0 amide bonds. The van der Waals surface area contributed by atoms with E-state index in [9.17, 15) is 9.59 Å². The Kier molecular flexibility index (Phi) is 5.11. The summed E-state index contributed by atoms with van der Waals surface area (Å²) in [6, 6.07) is 19.3. The summed E-state index contributed by atoms with van der Waals surface area (Å²) >= 11 is 0. The first-order valence-corrected chi connectivity index (χ1v) is 9.47. The largest absolute Gasteiger partial charge is 0.497 e. The second kappa shape index (κ2) is 7.87. The third-order valence-electron chi connectivity index (χ3n) is 4.80. The van der Waals surface area contributed by atoms with E-state index in [1.54, 1.807) is 61.7 Å². The lowest BCUT2D eigenvalue weighted by Crippen LogP contribution is -2.16. The maximum absolute atomic E-state index is 13.3. The number of hydrogen-bond acceptors (Lipinski definition) is 5. The summed E-state index contributed by atoms with van der Waals surface area (Å²) in [6.07, 6.45) is 0. The Morgan fingerprint density at radius 1 is 0.900 bits per heavy atom. The van der Waals surface area contributed by atoms with Gasteiger partial charge >= 0.3 is 5.97 Å². The Balaban J connectivity index is 1.89. The average Bonchev–Trinajstić information content (AvgIpc) is 2.76. The van der Waals surface area contributed by atoms with Crippen LogP contribution in [0.15, 0.2) is 75.9 Å². The van der Waals surface area contributed by atoms with E-state index in [-0.39, 0.29) is 11.5 Å². The molecule has 0 atom stereocenters. The molecule has 1 heterocycles. The van der Waals surface area contributed by atoms with Crippen LogP contribution in [0.3, 0.4) is 0 Å². The van der Waals surface area contributed by atoms with Crippen LogP contribution in [-0.4, -0.2) is 13.1 Å². The molecule has 0 saturated carbocycles. The fourth-order valence-electron chi connectivity index (χ4n) is 3.24. The second-order valence-electron chi connectivity index (χ2n) is 7.08. The molecule has 0 spiro atoms. The van der Waals surface area contributed by atoms with Crippen LogP contribution >= 0.6 is 0 Å². The first-order valence-electron chi connectivity index (χ1n) is 9.47. The average molecular weight is 400 g/mol. The Labute approximate surface area is 173 Å². The van der Waals surface area contributed by atoms with Gasteiger partial charge < -0.3 is 13.9 Å². The minimum absolute atomic E-state index is 0.134. The van der Waals surface area contributed by atoms with E-state index >= 15 is 0 Å². The zero-order valence-corrected chi connectivity index (χ0v) is 16.9. The van der Waals surface area contributed by atoms with Crippen molar-refractivity contribution in [2.75, 3.05) is 7.11 Å². The number of carbonyl (C=O) groups excluding carboxylic acids is 1. The van der Waals surface area contributed by atoms with Gasteiger partial charge in [-0.05, 0) is 62.4 Å². The van der Waals surface area contributed by atoms with Crippen LogP contribution in [0.25, 0.3) is 22.3 Å². The molecule has 3 aromatic carbocycles. The first kappa shape index (κ1) is 19.5. The van der Waals surface area contributed by atoms with Gasteiger partial charge in [-0.2, -0.15) is 0 Å². The summed E-state index contributed by atoms with van der Waals surface area (Å²) in [7, 11) is 1.57. The van der Waals surface area contributed by atoms with Gasteiger partial charge in [0.1, 0.15) is 11.3 Å². The Hall–Kier alpha value is -3.86. The smallest absolute Gasteiger partial charge is 0.343 e. The third kappa shape index (κ3) is 3.70. The van der Waals surface area contributed by atoms with Crippen molar-refractivity contribution in [2.45, 2.75) is 13.8 Å². The maximum atomic E-state index is 13.3. The molecule has 150 valence electrons. The molecule has 5 nitrogen and oxygen atoms in total. The van der Waals surface area contributed by atoms with Crippen LogP contribution < -0.4 is 14.9 Å². The van der Waals surface area contributed by atoms with Gasteiger partial charge in [-0.15, -0.1) is 0 Å². The number of ether oxygens (including phenoxy) is 2. The predicted molar refractivity (Wildman–Crippen MR) is 115 cm³/mol. The van der Waals surface area contributed by atoms with E-state index in [0.29, 0.717) is 27.8 Å². The van der Waals surface area contributed by atoms with Crippen molar-refractivity contribution in [1.29, 1.82) is 0 Å². The van der Waals surface area contributed by atoms with Crippen LogP contribution in [-0.2, 0) is 0 Å². The molecule has 1 aromatic heterocycles. The molecule has 5 heteroatoms. The van der Waals surface area contributed by atoms with Gasteiger partial charge in [0.15, 0.2) is 5.76 Å². The number of rotatable bonds is 4. The third-order valence-corrected chi connectivity index (χ3v) is 4.80. The molecule has 0 aliphatic rings. The highest BCUT2D eigenvalue weighted by atomic mass is 16.5. The van der Waals surface area contributed by atoms with Crippen LogP contribution in [0.1, 0.15) is 21.5 Å². The van der Waals surface area contributed by atoms with Crippen molar-refractivity contribution in [3.63, 3.8) is 0 Å². The predicted octanol–water partition coefficient (Wildman–Crippen LogP) is 5.30. The molecule has 30 heavy (non-hydrogen) atoms. The molecule has 0 bridgehead atoms. The molecule has 0 fully saturated rings. The summed E-state index contributed by atoms with van der Waals surface area (Å²) in [5.74, 6) is 0.105. The van der Waals surface area contributed by atoms with Crippen LogP contribution in [0, 0.1) is 13.8 Å². The zero-order valence-electron chi connectivity index (χ0n) is 16.9. The van der Waals surface area contributed by atoms with Crippen molar-refractivity contribution < 1.29 is 18.7 Å². The molecule has 0 saturated heterocycles. The van der Waals surface area contributed by atoms with Crippen LogP contribution in [0.5, 0.6) is 11.5 Å². The van der Waals surface area contributed by atoms with Gasteiger partial charge in [-0.3, -0.25) is 4.79 Å². The number of carbonyl (C=O) groups is 1. The molecule has 0 N–H and O–H groups in total. The molecule has 4 aromatic rings. The lowest BCUT2D eigenvalue weighted by Gasteiger charge is -2.11. The fourth-order valence-corrected chi connectivity index (χ4v) is 3.24. The first-order chi connectivity index (χ1) is 14.5. The molecular formula is C25H20O5. The quantitative estimate of drug-likeness (QED) is 0.435. The monoisotopic (exact) mass is 400 g/mol. The highest BCUT2D eigenvalue weighted by molar-refractivity contribution is 5.93. The molecule has 0 aliphatic carbocycles. The van der Waals surface area contributed by atoms with Gasteiger partial charge in [0, 0.05) is 5.56 Å². The van der Waals surface area contributed by atoms with Crippen LogP contribution in [0.4, 0.5) is 0 Å². The number of fused-ring (bicyclic) bond motifs is 1. The summed E-state index contributed by atoms with van der Waals surface area (Å²) in [5, 5.41) is 0.360. The molecule has 4 rings (SSSR count). The number of esters is 1. The number of benzene rings is 3. The van der Waals surface area contributed by atoms with Crippen LogP contribution in [0.2, 0.25) is 0 Å². The maximum Gasteiger partial charge on any atom is 0.343 e. The van der Waals surface area contributed by atoms with Gasteiger partial charge in [-0.25, -0.2) is 4.79 Å². The Morgan fingerprint density at radius 2 is 1.63 bits per heavy atom. The van der Waals surface area contributed by atoms with Gasteiger partial charge in [-0.1, -0.05) is 29.3 Å². The highest BCUT2D eigenvalue weighted by Crippen LogP contribution is 2.32. The van der Waals surface area contributed by atoms with E-state index < -0.39 is 11.4 Å². The molecule has 0 radical (unpaired) electrons. The minimum Gasteiger partial charge on any atom is -0.497 e. The van der Waals surface area contributed by atoms with E-state index in [0.717, 1.165) is 11.1 Å². The molecule has 0 aliphatic heterocycles. The normalized spacial score (nSPS) is 10.8. The number of aryl methyl sites for hydroxylation is 2. The van der Waals surface area contributed by atoms with E-state index in [1.807, 2.05) is 26.0 Å². The Bertz CT molecular complexity index is 1300. The highest BCUT2D eigenvalue weighted by Gasteiger charge is 2.21. The van der Waals surface area contributed by atoms with Crippen molar-refractivity contribution in [1.82, 2.24) is 0 Å². The van der Waals surface area contributed by atoms with E-state index in [1.165, 1.54) is 0 Å². The van der Waals surface area contributed by atoms with Crippen molar-refractivity contribution in [3.8, 4) is 22.8 Å². The van der Waals surface area contributed by atoms with Gasteiger partial charge in [0.05, 0.1) is 18.1 Å². The van der Waals surface area contributed by atoms with E-state index in [4.69, 9.17) is 13.9 Å². The molecule has 0 unspecified atom stereocenters. The summed E-state index contributed by atoms with van der Waals surface area (Å²) in [6.45, 7) is 3.77. The van der Waals surface area contributed by atoms with Gasteiger partial charge in [0.2, 0.25) is 11.2 Å². The Morgan fingerprint density at radius 3 is 2.33 bits per heavy atom. The lowest BCUT2D eigenvalue weighted by atomic mass is 10.1. The SMILES string of the molecule is COc1ccc(-c2oc3ccc(C)cc3c(=O)c2OC(=O)c2cccc(C)c2)cc1. The second-order valence-corrected chi connectivity index (χ2v) is 7.08.